The molecule has 0 radical (unpaired) electrons. The average Bonchev–Trinajstić information content (AvgIpc) is 2.93. The van der Waals surface area contributed by atoms with Crippen LogP contribution in [0.4, 0.5) is 0 Å². The number of nitrogens with one attached hydrogen (secondary N) is 2. The van der Waals surface area contributed by atoms with E-state index in [1.165, 1.54) is 0 Å². The minimum absolute atomic E-state index is 0. The summed E-state index contributed by atoms with van der Waals surface area (Å²) in [7, 11) is -3.55. The first-order chi connectivity index (χ1) is 12.0. The van der Waals surface area contributed by atoms with Crippen molar-refractivity contribution in [1.29, 1.82) is 0 Å². The molecule has 8 heteroatoms. The minimum atomic E-state index is -3.55. The lowest BCUT2D eigenvalue weighted by molar-refractivity contribution is -0.131. The second-order valence-electron chi connectivity index (χ2n) is 7.10. The third-order valence-electron chi connectivity index (χ3n) is 5.33. The van der Waals surface area contributed by atoms with Crippen molar-refractivity contribution in [2.75, 3.05) is 32.7 Å². The highest BCUT2D eigenvalue weighted by Gasteiger charge is 2.31. The molecule has 0 saturated carbocycles. The van der Waals surface area contributed by atoms with E-state index in [0.29, 0.717) is 11.8 Å². The zero-order chi connectivity index (χ0) is 17.9. The van der Waals surface area contributed by atoms with Gasteiger partial charge in [0, 0.05) is 26.1 Å². The minimum Gasteiger partial charge on any atom is -0.343 e. The van der Waals surface area contributed by atoms with Crippen molar-refractivity contribution in [2.24, 2.45) is 11.8 Å². The lowest BCUT2D eigenvalue weighted by atomic mass is 9.92. The molecule has 0 aliphatic carbocycles. The van der Waals surface area contributed by atoms with Crippen LogP contribution in [0.3, 0.4) is 0 Å². The molecule has 6 nitrogen and oxygen atoms in total. The van der Waals surface area contributed by atoms with Gasteiger partial charge in [-0.1, -0.05) is 17.7 Å². The van der Waals surface area contributed by atoms with Gasteiger partial charge in [-0.05, 0) is 56.8 Å². The van der Waals surface area contributed by atoms with Crippen molar-refractivity contribution in [3.05, 3.63) is 29.8 Å². The standard InChI is InChI=1S/C18H27N3O3S.ClH/c1-14-2-4-17(5-3-14)25(23,24)20-9-6-18(22)21-10-7-15-12-19-13-16(15)8-11-21;/h2-5,15-16,19-20H,6-13H2,1H3;1H/t15-,16+;. The smallest absolute Gasteiger partial charge is 0.240 e. The number of hydrogen-bond donors (Lipinski definition) is 2. The third kappa shape index (κ3) is 5.19. The van der Waals surface area contributed by atoms with Crippen LogP contribution in [0.5, 0.6) is 0 Å². The average molecular weight is 402 g/mol. The second kappa shape index (κ2) is 9.17. The van der Waals surface area contributed by atoms with E-state index in [9.17, 15) is 13.2 Å². The number of hydrogen-bond acceptors (Lipinski definition) is 4. The van der Waals surface area contributed by atoms with Gasteiger partial charge in [0.2, 0.25) is 15.9 Å². The van der Waals surface area contributed by atoms with E-state index < -0.39 is 10.0 Å². The highest BCUT2D eigenvalue weighted by atomic mass is 35.5. The number of carbonyl (C=O) groups is 1. The Morgan fingerprint density at radius 3 is 2.31 bits per heavy atom. The fraction of sp³-hybridized carbons (Fsp3) is 0.611. The number of benzene rings is 1. The Morgan fingerprint density at radius 2 is 1.73 bits per heavy atom. The molecule has 2 atom stereocenters. The Morgan fingerprint density at radius 1 is 1.15 bits per heavy atom. The monoisotopic (exact) mass is 401 g/mol. The van der Waals surface area contributed by atoms with E-state index in [0.717, 1.165) is 44.6 Å². The first-order valence-electron chi connectivity index (χ1n) is 9.00. The molecule has 3 rings (SSSR count). The molecule has 0 spiro atoms. The first kappa shape index (κ1) is 21.2. The van der Waals surface area contributed by atoms with Gasteiger partial charge in [0.15, 0.2) is 0 Å². The SMILES string of the molecule is Cc1ccc(S(=O)(=O)NCCC(=O)N2CC[C@@H]3CNC[C@@H]3CC2)cc1.Cl. The van der Waals surface area contributed by atoms with Crippen LogP contribution >= 0.6 is 12.4 Å². The van der Waals surface area contributed by atoms with Gasteiger partial charge >= 0.3 is 0 Å². The van der Waals surface area contributed by atoms with E-state index in [1.807, 2.05) is 11.8 Å². The topological polar surface area (TPSA) is 78.5 Å². The zero-order valence-electron chi connectivity index (χ0n) is 15.1. The largest absolute Gasteiger partial charge is 0.343 e. The number of aryl methyl sites for hydroxylation is 1. The van der Waals surface area contributed by atoms with Crippen molar-refractivity contribution >= 4 is 28.3 Å². The van der Waals surface area contributed by atoms with E-state index in [2.05, 4.69) is 10.0 Å². The highest BCUT2D eigenvalue weighted by Crippen LogP contribution is 2.27. The van der Waals surface area contributed by atoms with Crippen LogP contribution in [0.1, 0.15) is 24.8 Å². The van der Waals surface area contributed by atoms with Crippen LogP contribution in [-0.4, -0.2) is 51.9 Å². The lowest BCUT2D eigenvalue weighted by Gasteiger charge is -2.21. The molecule has 2 aliphatic heterocycles. The van der Waals surface area contributed by atoms with Crippen molar-refractivity contribution in [3.8, 4) is 0 Å². The van der Waals surface area contributed by atoms with Crippen molar-refractivity contribution in [3.63, 3.8) is 0 Å². The normalized spacial score (nSPS) is 23.0. The number of nitrogens with zero attached hydrogens (tertiary/aromatic N) is 1. The summed E-state index contributed by atoms with van der Waals surface area (Å²) in [4.78, 5) is 14.6. The Hall–Kier alpha value is -1.15. The Kier molecular flexibility index (Phi) is 7.46. The molecule has 2 heterocycles. The molecule has 0 aromatic heterocycles. The van der Waals surface area contributed by atoms with Crippen LogP contribution in [0.25, 0.3) is 0 Å². The van der Waals surface area contributed by atoms with Gasteiger partial charge in [0.05, 0.1) is 4.90 Å². The second-order valence-corrected chi connectivity index (χ2v) is 8.86. The fourth-order valence-electron chi connectivity index (χ4n) is 3.72. The molecule has 2 saturated heterocycles. The van der Waals surface area contributed by atoms with Crippen LogP contribution in [0, 0.1) is 18.8 Å². The zero-order valence-corrected chi connectivity index (χ0v) is 16.7. The summed E-state index contributed by atoms with van der Waals surface area (Å²) in [6.45, 7) is 5.73. The molecule has 2 fully saturated rings. The highest BCUT2D eigenvalue weighted by molar-refractivity contribution is 7.89. The number of likely N-dealkylation sites (tertiary alicyclic amines) is 1. The van der Waals surface area contributed by atoms with Crippen molar-refractivity contribution in [1.82, 2.24) is 14.9 Å². The molecule has 146 valence electrons. The summed E-state index contributed by atoms with van der Waals surface area (Å²) in [5, 5.41) is 3.43. The predicted octanol–water partition coefficient (Wildman–Crippen LogP) is 1.54. The maximum absolute atomic E-state index is 12.4. The van der Waals surface area contributed by atoms with Crippen molar-refractivity contribution in [2.45, 2.75) is 31.1 Å². The van der Waals surface area contributed by atoms with Gasteiger partial charge in [-0.2, -0.15) is 0 Å². The summed E-state index contributed by atoms with van der Waals surface area (Å²) in [6.07, 6.45) is 2.29. The summed E-state index contributed by atoms with van der Waals surface area (Å²) in [6, 6.07) is 6.70. The lowest BCUT2D eigenvalue weighted by Crippen LogP contribution is -2.35. The van der Waals surface area contributed by atoms with E-state index in [1.54, 1.807) is 24.3 Å². The van der Waals surface area contributed by atoms with Gasteiger partial charge < -0.3 is 10.2 Å². The Labute approximate surface area is 162 Å². The summed E-state index contributed by atoms with van der Waals surface area (Å²) >= 11 is 0. The molecule has 26 heavy (non-hydrogen) atoms. The maximum Gasteiger partial charge on any atom is 0.240 e. The molecule has 1 aromatic rings. The molecular weight excluding hydrogens is 374 g/mol. The summed E-state index contributed by atoms with van der Waals surface area (Å²) in [5.74, 6) is 1.40. The van der Waals surface area contributed by atoms with Crippen LogP contribution in [0.2, 0.25) is 0 Å². The number of amides is 1. The van der Waals surface area contributed by atoms with Gasteiger partial charge in [0.1, 0.15) is 0 Å². The molecule has 0 unspecified atom stereocenters. The van der Waals surface area contributed by atoms with E-state index >= 15 is 0 Å². The third-order valence-corrected chi connectivity index (χ3v) is 6.81. The van der Waals surface area contributed by atoms with Gasteiger partial charge in [0.25, 0.3) is 0 Å². The van der Waals surface area contributed by atoms with E-state index in [-0.39, 0.29) is 36.2 Å². The van der Waals surface area contributed by atoms with Crippen LogP contribution < -0.4 is 10.0 Å². The quantitative estimate of drug-likeness (QED) is 0.784. The molecule has 1 aromatic carbocycles. The summed E-state index contributed by atoms with van der Waals surface area (Å²) < 4.78 is 27.0. The molecular formula is C18H28ClN3O3S. The number of rotatable bonds is 5. The Balaban J connectivity index is 0.00000243. The van der Waals surface area contributed by atoms with Crippen LogP contribution in [-0.2, 0) is 14.8 Å². The summed E-state index contributed by atoms with van der Waals surface area (Å²) in [5.41, 5.74) is 1.01. The molecule has 1 amide bonds. The molecule has 2 aliphatic rings. The maximum atomic E-state index is 12.4. The number of carbonyl (C=O) groups excluding carboxylic acids is 1. The van der Waals surface area contributed by atoms with Crippen molar-refractivity contribution < 1.29 is 13.2 Å². The van der Waals surface area contributed by atoms with Crippen LogP contribution in [0.15, 0.2) is 29.2 Å². The number of fused-ring (bicyclic) bond motifs is 1. The molecule has 2 N–H and O–H groups in total. The van der Waals surface area contributed by atoms with Gasteiger partial charge in [-0.15, -0.1) is 12.4 Å². The molecule has 0 bridgehead atoms. The van der Waals surface area contributed by atoms with E-state index in [4.69, 9.17) is 0 Å². The first-order valence-corrected chi connectivity index (χ1v) is 10.5. The fourth-order valence-corrected chi connectivity index (χ4v) is 4.75. The Bertz CT molecular complexity index is 695. The predicted molar refractivity (Wildman–Crippen MR) is 104 cm³/mol. The van der Waals surface area contributed by atoms with Gasteiger partial charge in [-0.25, -0.2) is 13.1 Å². The number of halogens is 1. The van der Waals surface area contributed by atoms with Gasteiger partial charge in [-0.3, -0.25) is 4.79 Å². The number of sulfonamides is 1.